The van der Waals surface area contributed by atoms with Gasteiger partial charge in [-0.1, -0.05) is 28.9 Å². The van der Waals surface area contributed by atoms with Crippen LogP contribution in [-0.2, 0) is 17.8 Å². The Hall–Kier alpha value is -3.39. The van der Waals surface area contributed by atoms with Crippen LogP contribution in [0.15, 0.2) is 47.0 Å². The number of ether oxygens (including phenoxy) is 1. The molecule has 4 aromatic rings. The molecule has 1 aliphatic heterocycles. The van der Waals surface area contributed by atoms with Gasteiger partial charge in [-0.25, -0.2) is 4.79 Å². The number of nitrogens with zero attached hydrogens (tertiary/aromatic N) is 5. The predicted molar refractivity (Wildman–Crippen MR) is 140 cm³/mol. The molecule has 1 saturated carbocycles. The van der Waals surface area contributed by atoms with Crippen molar-refractivity contribution >= 4 is 28.7 Å². The molecule has 1 amide bonds. The molecular formula is C28H30ClN5O3. The van der Waals surface area contributed by atoms with Crippen LogP contribution in [0, 0.1) is 0 Å². The fourth-order valence-electron chi connectivity index (χ4n) is 5.57. The molecule has 1 aliphatic carbocycles. The first kappa shape index (κ1) is 24.0. The first-order valence-corrected chi connectivity index (χ1v) is 13.2. The number of hydrogen-bond acceptors (Lipinski definition) is 6. The standard InChI is InChI=1S/C28H30ClN5O3/c1-28(2,3)36-27(35)33-15-19-14-20(29)12-13-22(19)34-24(16-33)30-31-26(34)18-10-8-17(9-11-18)25-21-6-4-5-7-23(21)37-32-25/h4-7,12-14,17-18H,8-11,15-16H2,1-3H3/t17-,18-. The smallest absolute Gasteiger partial charge is 0.411 e. The summed E-state index contributed by atoms with van der Waals surface area (Å²) in [6.07, 6.45) is 3.57. The first-order valence-electron chi connectivity index (χ1n) is 12.8. The van der Waals surface area contributed by atoms with Crippen molar-refractivity contribution in [1.82, 2.24) is 24.8 Å². The molecule has 1 fully saturated rings. The molecule has 37 heavy (non-hydrogen) atoms. The largest absolute Gasteiger partial charge is 0.444 e. The predicted octanol–water partition coefficient (Wildman–Crippen LogP) is 6.75. The van der Waals surface area contributed by atoms with Crippen molar-refractivity contribution in [2.75, 3.05) is 0 Å². The zero-order chi connectivity index (χ0) is 25.7. The minimum Gasteiger partial charge on any atom is -0.444 e. The molecule has 0 N–H and O–H groups in total. The van der Waals surface area contributed by atoms with E-state index in [0.29, 0.717) is 24.0 Å². The zero-order valence-corrected chi connectivity index (χ0v) is 22.0. The van der Waals surface area contributed by atoms with E-state index >= 15 is 0 Å². The number of carbonyl (C=O) groups excluding carboxylic acids is 1. The van der Waals surface area contributed by atoms with Gasteiger partial charge < -0.3 is 9.26 Å². The number of halogens is 1. The normalized spacial score (nSPS) is 19.8. The Balaban J connectivity index is 1.29. The van der Waals surface area contributed by atoms with Crippen LogP contribution in [0.3, 0.4) is 0 Å². The maximum Gasteiger partial charge on any atom is 0.411 e. The van der Waals surface area contributed by atoms with Crippen LogP contribution >= 0.6 is 11.6 Å². The number of carbonyl (C=O) groups is 1. The molecule has 6 rings (SSSR count). The van der Waals surface area contributed by atoms with Crippen LogP contribution in [0.1, 0.15) is 81.2 Å². The molecule has 192 valence electrons. The first-order chi connectivity index (χ1) is 17.8. The van der Waals surface area contributed by atoms with Gasteiger partial charge in [0.25, 0.3) is 0 Å². The second kappa shape index (κ2) is 9.17. The maximum atomic E-state index is 13.0. The van der Waals surface area contributed by atoms with Crippen LogP contribution < -0.4 is 0 Å². The summed E-state index contributed by atoms with van der Waals surface area (Å²) in [6.45, 7) is 6.30. The highest BCUT2D eigenvalue weighted by Crippen LogP contribution is 2.42. The molecule has 2 aromatic heterocycles. The van der Waals surface area contributed by atoms with Gasteiger partial charge in [-0.2, -0.15) is 0 Å². The van der Waals surface area contributed by atoms with E-state index in [0.717, 1.165) is 65.2 Å². The highest BCUT2D eigenvalue weighted by atomic mass is 35.5. The van der Waals surface area contributed by atoms with Crippen LogP contribution in [0.2, 0.25) is 5.02 Å². The molecule has 0 unspecified atom stereocenters. The number of fused-ring (bicyclic) bond motifs is 4. The number of para-hydroxylation sites is 1. The van der Waals surface area contributed by atoms with Gasteiger partial charge in [0.15, 0.2) is 11.4 Å². The Kier molecular flexibility index (Phi) is 5.94. The Bertz CT molecular complexity index is 1460. The van der Waals surface area contributed by atoms with E-state index in [1.165, 1.54) is 0 Å². The Labute approximate surface area is 220 Å². The average Bonchev–Trinajstić information content (AvgIpc) is 3.43. The fourth-order valence-corrected chi connectivity index (χ4v) is 5.77. The quantitative estimate of drug-likeness (QED) is 0.291. The van der Waals surface area contributed by atoms with Gasteiger partial charge in [-0.15, -0.1) is 10.2 Å². The minimum atomic E-state index is -0.590. The molecule has 2 aliphatic rings. The molecule has 0 saturated heterocycles. The van der Waals surface area contributed by atoms with Crippen molar-refractivity contribution in [2.24, 2.45) is 0 Å². The van der Waals surface area contributed by atoms with Gasteiger partial charge in [-0.3, -0.25) is 9.47 Å². The van der Waals surface area contributed by atoms with E-state index in [-0.39, 0.29) is 12.0 Å². The van der Waals surface area contributed by atoms with Crippen molar-refractivity contribution in [3.8, 4) is 5.69 Å². The second-order valence-electron chi connectivity index (χ2n) is 11.0. The fraction of sp³-hybridized carbons (Fsp3) is 0.429. The van der Waals surface area contributed by atoms with Crippen molar-refractivity contribution in [2.45, 2.75) is 77.0 Å². The lowest BCUT2D eigenvalue weighted by Gasteiger charge is -2.27. The molecule has 0 atom stereocenters. The van der Waals surface area contributed by atoms with E-state index in [9.17, 15) is 4.79 Å². The number of amides is 1. The number of rotatable bonds is 2. The highest BCUT2D eigenvalue weighted by molar-refractivity contribution is 6.30. The van der Waals surface area contributed by atoms with Crippen molar-refractivity contribution in [1.29, 1.82) is 0 Å². The summed E-state index contributed by atoms with van der Waals surface area (Å²) in [7, 11) is 0. The van der Waals surface area contributed by atoms with Crippen molar-refractivity contribution in [3.63, 3.8) is 0 Å². The summed E-state index contributed by atoms with van der Waals surface area (Å²) >= 11 is 6.37. The monoisotopic (exact) mass is 519 g/mol. The second-order valence-corrected chi connectivity index (χ2v) is 11.5. The Morgan fingerprint density at radius 1 is 1.03 bits per heavy atom. The van der Waals surface area contributed by atoms with Crippen LogP contribution in [0.25, 0.3) is 16.7 Å². The number of benzene rings is 2. The topological polar surface area (TPSA) is 86.3 Å². The SMILES string of the molecule is CC(C)(C)OC(=O)N1Cc2cc(Cl)ccc2-n2c(nnc2[C@H]2CC[C@H](c3noc4ccccc43)CC2)C1. The third-order valence-corrected chi connectivity index (χ3v) is 7.50. The van der Waals surface area contributed by atoms with E-state index in [1.807, 2.05) is 57.2 Å². The van der Waals surface area contributed by atoms with Crippen LogP contribution in [0.4, 0.5) is 4.79 Å². The summed E-state index contributed by atoms with van der Waals surface area (Å²) < 4.78 is 13.4. The summed E-state index contributed by atoms with van der Waals surface area (Å²) in [5.41, 5.74) is 3.22. The summed E-state index contributed by atoms with van der Waals surface area (Å²) in [5, 5.41) is 15.4. The number of hydrogen-bond donors (Lipinski definition) is 0. The highest BCUT2D eigenvalue weighted by Gasteiger charge is 2.34. The molecule has 2 aromatic carbocycles. The average molecular weight is 520 g/mol. The summed E-state index contributed by atoms with van der Waals surface area (Å²) in [4.78, 5) is 14.7. The maximum absolute atomic E-state index is 13.0. The van der Waals surface area contributed by atoms with E-state index < -0.39 is 5.60 Å². The lowest BCUT2D eigenvalue weighted by atomic mass is 9.79. The Morgan fingerprint density at radius 2 is 1.78 bits per heavy atom. The van der Waals surface area contributed by atoms with Gasteiger partial charge in [0.1, 0.15) is 11.4 Å². The van der Waals surface area contributed by atoms with E-state index in [4.69, 9.17) is 20.9 Å². The molecule has 0 spiro atoms. The molecular weight excluding hydrogens is 490 g/mol. The van der Waals surface area contributed by atoms with Gasteiger partial charge >= 0.3 is 6.09 Å². The van der Waals surface area contributed by atoms with Gasteiger partial charge in [-0.05, 0) is 82.3 Å². The molecule has 8 nitrogen and oxygen atoms in total. The molecule has 0 bridgehead atoms. The van der Waals surface area contributed by atoms with Crippen LogP contribution in [-0.4, -0.2) is 36.5 Å². The third-order valence-electron chi connectivity index (χ3n) is 7.27. The zero-order valence-electron chi connectivity index (χ0n) is 21.3. The van der Waals surface area contributed by atoms with Crippen LogP contribution in [0.5, 0.6) is 0 Å². The van der Waals surface area contributed by atoms with Gasteiger partial charge in [0, 0.05) is 22.2 Å². The van der Waals surface area contributed by atoms with Gasteiger partial charge in [0.2, 0.25) is 0 Å². The minimum absolute atomic E-state index is 0.257. The third kappa shape index (κ3) is 4.59. The molecule has 0 radical (unpaired) electrons. The molecule has 3 heterocycles. The van der Waals surface area contributed by atoms with Crippen molar-refractivity contribution in [3.05, 3.63) is 70.4 Å². The Morgan fingerprint density at radius 3 is 2.57 bits per heavy atom. The molecule has 9 heteroatoms. The lowest BCUT2D eigenvalue weighted by Crippen LogP contribution is -2.35. The number of aromatic nitrogens is 4. The van der Waals surface area contributed by atoms with Crippen molar-refractivity contribution < 1.29 is 14.1 Å². The van der Waals surface area contributed by atoms with E-state index in [1.54, 1.807) is 4.90 Å². The lowest BCUT2D eigenvalue weighted by molar-refractivity contribution is 0.0214. The summed E-state index contributed by atoms with van der Waals surface area (Å²) in [5.74, 6) is 2.28. The van der Waals surface area contributed by atoms with Gasteiger partial charge in [0.05, 0.1) is 24.5 Å². The van der Waals surface area contributed by atoms with E-state index in [2.05, 4.69) is 26.0 Å². The summed E-state index contributed by atoms with van der Waals surface area (Å²) in [6, 6.07) is 13.9.